The van der Waals surface area contributed by atoms with Gasteiger partial charge in [-0.1, -0.05) is 12.1 Å². The van der Waals surface area contributed by atoms with Crippen molar-refractivity contribution in [3.8, 4) is 0 Å². The first-order valence-corrected chi connectivity index (χ1v) is 7.83. The van der Waals surface area contributed by atoms with E-state index in [0.717, 1.165) is 12.1 Å². The lowest BCUT2D eigenvalue weighted by Crippen LogP contribution is -2.42. The molecule has 0 heterocycles. The highest BCUT2D eigenvalue weighted by Gasteiger charge is 2.16. The number of hydrogen-bond acceptors (Lipinski definition) is 4. The zero-order valence-corrected chi connectivity index (χ0v) is 16.4. The van der Waals surface area contributed by atoms with Crippen LogP contribution in [0.2, 0.25) is 0 Å². The van der Waals surface area contributed by atoms with E-state index >= 15 is 0 Å². The molecule has 0 bridgehead atoms. The third kappa shape index (κ3) is 7.30. The van der Waals surface area contributed by atoms with Gasteiger partial charge in [-0.25, -0.2) is 0 Å². The Morgan fingerprint density at radius 3 is 2.64 bits per heavy atom. The average molecular weight is 438 g/mol. The molecule has 1 aromatic carbocycles. The number of aliphatic imine (C=N–C) groups is 1. The summed E-state index contributed by atoms with van der Waals surface area (Å²) >= 11 is 1.78. The fourth-order valence-electron chi connectivity index (χ4n) is 1.56. The zero-order valence-electron chi connectivity index (χ0n) is 13.3. The molecule has 8 heteroatoms. The van der Waals surface area contributed by atoms with Gasteiger partial charge in [0.05, 0.1) is 4.92 Å². The predicted octanol–water partition coefficient (Wildman–Crippen LogP) is 3.02. The number of nitro groups is 1. The van der Waals surface area contributed by atoms with Gasteiger partial charge in [-0.3, -0.25) is 15.1 Å². The minimum absolute atomic E-state index is 0. The van der Waals surface area contributed by atoms with Crippen LogP contribution in [0.5, 0.6) is 0 Å². The molecule has 124 valence electrons. The SMILES string of the molecule is CN=C(NCc1cccc([N+](=O)[O-])c1)NCC(C)(C)SC.I. The smallest absolute Gasteiger partial charge is 0.269 e. The van der Waals surface area contributed by atoms with Crippen LogP contribution < -0.4 is 10.6 Å². The highest BCUT2D eigenvalue weighted by molar-refractivity contribution is 14.0. The molecule has 1 rings (SSSR count). The number of nitro benzene ring substituents is 1. The van der Waals surface area contributed by atoms with E-state index in [1.807, 2.05) is 6.07 Å². The van der Waals surface area contributed by atoms with Crippen molar-refractivity contribution in [1.29, 1.82) is 0 Å². The standard InChI is InChI=1S/C14H22N4O2S.HI/c1-14(2,21-4)10-17-13(15-3)16-9-11-6-5-7-12(8-11)18(19)20;/h5-8H,9-10H2,1-4H3,(H2,15,16,17);1H. The lowest BCUT2D eigenvalue weighted by Gasteiger charge is -2.23. The molecule has 22 heavy (non-hydrogen) atoms. The first-order valence-electron chi connectivity index (χ1n) is 6.61. The summed E-state index contributed by atoms with van der Waals surface area (Å²) in [5.41, 5.74) is 0.942. The Kier molecular flexibility index (Phi) is 9.42. The van der Waals surface area contributed by atoms with E-state index in [9.17, 15) is 10.1 Å². The summed E-state index contributed by atoms with van der Waals surface area (Å²) in [6.45, 7) is 5.57. The van der Waals surface area contributed by atoms with Gasteiger partial charge in [0, 0.05) is 37.0 Å². The maximum atomic E-state index is 10.7. The van der Waals surface area contributed by atoms with Crippen molar-refractivity contribution >= 4 is 47.4 Å². The lowest BCUT2D eigenvalue weighted by molar-refractivity contribution is -0.384. The van der Waals surface area contributed by atoms with Crippen LogP contribution in [0.4, 0.5) is 5.69 Å². The molecule has 0 spiro atoms. The van der Waals surface area contributed by atoms with Crippen molar-refractivity contribution in [2.75, 3.05) is 19.8 Å². The molecule has 0 saturated carbocycles. The summed E-state index contributed by atoms with van der Waals surface area (Å²) < 4.78 is 0.114. The van der Waals surface area contributed by atoms with Gasteiger partial charge < -0.3 is 10.6 Å². The van der Waals surface area contributed by atoms with Gasteiger partial charge in [-0.05, 0) is 25.7 Å². The molecular weight excluding hydrogens is 415 g/mol. The molecule has 0 radical (unpaired) electrons. The molecule has 1 aromatic rings. The summed E-state index contributed by atoms with van der Waals surface area (Å²) in [6, 6.07) is 6.57. The second kappa shape index (κ2) is 9.88. The topological polar surface area (TPSA) is 79.6 Å². The van der Waals surface area contributed by atoms with Crippen LogP contribution in [-0.4, -0.2) is 35.5 Å². The fourth-order valence-corrected chi connectivity index (χ4v) is 1.77. The number of benzene rings is 1. The minimum atomic E-state index is -0.391. The van der Waals surface area contributed by atoms with Gasteiger partial charge in [0.1, 0.15) is 0 Å². The molecule has 0 amide bonds. The Hall–Kier alpha value is -1.03. The van der Waals surface area contributed by atoms with E-state index < -0.39 is 4.92 Å². The van der Waals surface area contributed by atoms with Gasteiger partial charge in [0.2, 0.25) is 0 Å². The van der Waals surface area contributed by atoms with E-state index in [-0.39, 0.29) is 34.4 Å². The van der Waals surface area contributed by atoms with Crippen molar-refractivity contribution < 1.29 is 4.92 Å². The summed E-state index contributed by atoms with van der Waals surface area (Å²) in [6.07, 6.45) is 2.07. The van der Waals surface area contributed by atoms with Gasteiger partial charge in [0.25, 0.3) is 5.69 Å². The Balaban J connectivity index is 0.00000441. The van der Waals surface area contributed by atoms with Crippen LogP contribution in [0, 0.1) is 10.1 Å². The Morgan fingerprint density at radius 2 is 2.09 bits per heavy atom. The lowest BCUT2D eigenvalue weighted by atomic mass is 10.2. The van der Waals surface area contributed by atoms with Crippen LogP contribution in [0.1, 0.15) is 19.4 Å². The predicted molar refractivity (Wildman–Crippen MR) is 104 cm³/mol. The third-order valence-electron chi connectivity index (χ3n) is 3.04. The van der Waals surface area contributed by atoms with Crippen LogP contribution in [-0.2, 0) is 6.54 Å². The molecule has 0 aromatic heterocycles. The summed E-state index contributed by atoms with van der Waals surface area (Å²) in [5, 5.41) is 17.1. The molecule has 0 atom stereocenters. The van der Waals surface area contributed by atoms with Gasteiger partial charge in [-0.2, -0.15) is 11.8 Å². The number of guanidine groups is 1. The molecule has 0 fully saturated rings. The van der Waals surface area contributed by atoms with Crippen LogP contribution in [0.25, 0.3) is 0 Å². The van der Waals surface area contributed by atoms with Crippen molar-refractivity contribution in [2.45, 2.75) is 25.1 Å². The van der Waals surface area contributed by atoms with Crippen LogP contribution >= 0.6 is 35.7 Å². The Bertz CT molecular complexity index is 523. The van der Waals surface area contributed by atoms with Crippen LogP contribution in [0.15, 0.2) is 29.3 Å². The molecule has 6 nitrogen and oxygen atoms in total. The molecule has 0 aliphatic rings. The second-order valence-corrected chi connectivity index (χ2v) is 6.68. The van der Waals surface area contributed by atoms with Crippen LogP contribution in [0.3, 0.4) is 0 Å². The van der Waals surface area contributed by atoms with E-state index in [4.69, 9.17) is 0 Å². The Morgan fingerprint density at radius 1 is 1.41 bits per heavy atom. The number of halogens is 1. The zero-order chi connectivity index (χ0) is 15.9. The number of hydrogen-bond donors (Lipinski definition) is 2. The molecule has 0 aliphatic heterocycles. The van der Waals surface area contributed by atoms with E-state index in [2.05, 4.69) is 35.7 Å². The van der Waals surface area contributed by atoms with E-state index in [1.165, 1.54) is 6.07 Å². The first-order chi connectivity index (χ1) is 9.88. The van der Waals surface area contributed by atoms with E-state index in [0.29, 0.717) is 12.5 Å². The molecule has 0 unspecified atom stereocenters. The number of nitrogens with zero attached hydrogens (tertiary/aromatic N) is 2. The summed E-state index contributed by atoms with van der Waals surface area (Å²) in [7, 11) is 1.70. The van der Waals surface area contributed by atoms with Crippen molar-refractivity contribution in [2.24, 2.45) is 4.99 Å². The number of thioether (sulfide) groups is 1. The average Bonchev–Trinajstić information content (AvgIpc) is 2.47. The van der Waals surface area contributed by atoms with Crippen molar-refractivity contribution in [3.63, 3.8) is 0 Å². The first kappa shape index (κ1) is 21.0. The Labute approximate surface area is 152 Å². The monoisotopic (exact) mass is 438 g/mol. The fraction of sp³-hybridized carbons (Fsp3) is 0.500. The minimum Gasteiger partial charge on any atom is -0.355 e. The summed E-state index contributed by atoms with van der Waals surface area (Å²) in [5.74, 6) is 0.684. The van der Waals surface area contributed by atoms with Gasteiger partial charge in [-0.15, -0.1) is 24.0 Å². The number of nitrogens with one attached hydrogen (secondary N) is 2. The number of non-ortho nitro benzene ring substituents is 1. The molecule has 0 aliphatic carbocycles. The van der Waals surface area contributed by atoms with Gasteiger partial charge >= 0.3 is 0 Å². The quantitative estimate of drug-likeness (QED) is 0.235. The second-order valence-electron chi connectivity index (χ2n) is 5.17. The summed E-state index contributed by atoms with van der Waals surface area (Å²) in [4.78, 5) is 14.5. The van der Waals surface area contributed by atoms with E-state index in [1.54, 1.807) is 30.9 Å². The number of rotatable bonds is 6. The van der Waals surface area contributed by atoms with Gasteiger partial charge in [0.15, 0.2) is 5.96 Å². The third-order valence-corrected chi connectivity index (χ3v) is 4.29. The highest BCUT2D eigenvalue weighted by Crippen LogP contribution is 2.19. The maximum Gasteiger partial charge on any atom is 0.269 e. The largest absolute Gasteiger partial charge is 0.355 e. The highest BCUT2D eigenvalue weighted by atomic mass is 127. The van der Waals surface area contributed by atoms with Crippen molar-refractivity contribution in [3.05, 3.63) is 39.9 Å². The molecule has 2 N–H and O–H groups in total. The molecule has 0 saturated heterocycles. The van der Waals surface area contributed by atoms with Crippen molar-refractivity contribution in [1.82, 2.24) is 10.6 Å². The normalized spacial score (nSPS) is 11.5. The maximum absolute atomic E-state index is 10.7. The molecular formula is C14H23IN4O2S.